The van der Waals surface area contributed by atoms with Gasteiger partial charge in [-0.05, 0) is 93.3 Å². The Morgan fingerprint density at radius 3 is 2.47 bits per heavy atom. The zero-order chi connectivity index (χ0) is 23.7. The Kier molecular flexibility index (Phi) is 7.32. The Morgan fingerprint density at radius 2 is 1.71 bits per heavy atom. The number of carbonyl (C=O) groups excluding carboxylic acids is 3. The second-order valence-electron chi connectivity index (χ2n) is 11.4. The molecule has 0 aromatic carbocycles. The van der Waals surface area contributed by atoms with Crippen molar-refractivity contribution in [3.05, 3.63) is 0 Å². The van der Waals surface area contributed by atoms with Crippen LogP contribution in [0.25, 0.3) is 0 Å². The first-order valence-electron chi connectivity index (χ1n) is 13.6. The lowest BCUT2D eigenvalue weighted by Gasteiger charge is -2.52. The van der Waals surface area contributed by atoms with Crippen LogP contribution in [0, 0.1) is 35.5 Å². The van der Waals surface area contributed by atoms with Gasteiger partial charge in [0.1, 0.15) is 12.7 Å². The number of rotatable bonds is 5. The summed E-state index contributed by atoms with van der Waals surface area (Å²) < 4.78 is 11.0. The molecule has 5 fully saturated rings. The van der Waals surface area contributed by atoms with Gasteiger partial charge in [0, 0.05) is 32.6 Å². The number of esters is 1. The van der Waals surface area contributed by atoms with Gasteiger partial charge in [0.25, 0.3) is 0 Å². The average molecular weight is 476 g/mol. The minimum absolute atomic E-state index is 0.0350. The van der Waals surface area contributed by atoms with Crippen LogP contribution in [-0.4, -0.2) is 67.8 Å². The Morgan fingerprint density at radius 1 is 0.971 bits per heavy atom. The van der Waals surface area contributed by atoms with Crippen molar-refractivity contribution in [2.45, 2.75) is 76.9 Å². The maximum Gasteiger partial charge on any atom is 0.407 e. The van der Waals surface area contributed by atoms with E-state index in [4.69, 9.17) is 9.47 Å². The fourth-order valence-electron chi connectivity index (χ4n) is 8.27. The second kappa shape index (κ2) is 10.4. The predicted octanol–water partition coefficient (Wildman–Crippen LogP) is 2.71. The molecule has 8 heteroatoms. The number of hydrogen-bond donors (Lipinski definition) is 2. The molecule has 2 N–H and O–H groups in total. The lowest BCUT2D eigenvalue weighted by atomic mass is 9.53. The van der Waals surface area contributed by atoms with Gasteiger partial charge >= 0.3 is 12.1 Å². The smallest absolute Gasteiger partial charge is 0.407 e. The molecule has 34 heavy (non-hydrogen) atoms. The molecule has 8 nitrogen and oxygen atoms in total. The third-order valence-electron chi connectivity index (χ3n) is 9.55. The number of carbonyl (C=O) groups is 3. The number of hydrogen-bond acceptors (Lipinski definition) is 6. The Bertz CT molecular complexity index is 776. The molecule has 5 rings (SSSR count). The molecule has 0 aromatic rings. The van der Waals surface area contributed by atoms with Crippen LogP contribution in [-0.2, 0) is 19.1 Å². The van der Waals surface area contributed by atoms with Crippen molar-refractivity contribution in [2.75, 3.05) is 32.8 Å². The molecule has 0 spiro atoms. The van der Waals surface area contributed by atoms with Gasteiger partial charge in [0.15, 0.2) is 0 Å². The molecule has 8 atom stereocenters. The maximum absolute atomic E-state index is 12.4. The van der Waals surface area contributed by atoms with E-state index in [0.29, 0.717) is 32.2 Å². The van der Waals surface area contributed by atoms with E-state index in [1.54, 1.807) is 0 Å². The number of ether oxygens (including phenoxy) is 2. The summed E-state index contributed by atoms with van der Waals surface area (Å²) in [6.07, 6.45) is 10.4. The lowest BCUT2D eigenvalue weighted by molar-refractivity contribution is -0.146. The highest BCUT2D eigenvalue weighted by molar-refractivity contribution is 5.78. The van der Waals surface area contributed by atoms with Crippen molar-refractivity contribution in [1.29, 1.82) is 0 Å². The van der Waals surface area contributed by atoms with Gasteiger partial charge in [0.05, 0.1) is 6.54 Å². The molecule has 8 unspecified atom stereocenters. The zero-order valence-corrected chi connectivity index (χ0v) is 20.5. The Labute approximate surface area is 202 Å². The van der Waals surface area contributed by atoms with E-state index in [1.165, 1.54) is 39.0 Å². The fourth-order valence-corrected chi connectivity index (χ4v) is 8.27. The largest absolute Gasteiger partial charge is 0.463 e. The molecule has 0 bridgehead atoms. The summed E-state index contributed by atoms with van der Waals surface area (Å²) in [5.74, 6) is 4.48. The van der Waals surface area contributed by atoms with Gasteiger partial charge in [0.2, 0.25) is 5.91 Å². The molecule has 2 amide bonds. The third kappa shape index (κ3) is 5.37. The number of fused-ring (bicyclic) bond motifs is 5. The van der Waals surface area contributed by atoms with Crippen LogP contribution in [0.4, 0.5) is 4.79 Å². The Hall–Kier alpha value is -1.83. The van der Waals surface area contributed by atoms with Crippen LogP contribution < -0.4 is 10.6 Å². The first-order valence-corrected chi connectivity index (χ1v) is 13.6. The number of nitrogens with zero attached hydrogens (tertiary/aromatic N) is 1. The summed E-state index contributed by atoms with van der Waals surface area (Å²) in [7, 11) is 0. The summed E-state index contributed by atoms with van der Waals surface area (Å²) in [6.45, 7) is 4.29. The van der Waals surface area contributed by atoms with Gasteiger partial charge in [-0.25, -0.2) is 4.79 Å². The van der Waals surface area contributed by atoms with Crippen LogP contribution in [0.5, 0.6) is 0 Å². The van der Waals surface area contributed by atoms with Crippen LogP contribution >= 0.6 is 0 Å². The molecule has 1 aliphatic heterocycles. The second-order valence-corrected chi connectivity index (χ2v) is 11.4. The maximum atomic E-state index is 12.4. The van der Waals surface area contributed by atoms with E-state index in [-0.39, 0.29) is 30.1 Å². The highest BCUT2D eigenvalue weighted by Crippen LogP contribution is 2.58. The van der Waals surface area contributed by atoms with E-state index in [0.717, 1.165) is 61.8 Å². The number of piperazine rings is 1. The quantitative estimate of drug-likeness (QED) is 0.594. The summed E-state index contributed by atoms with van der Waals surface area (Å²) in [5, 5.41) is 5.93. The molecule has 5 aliphatic rings. The van der Waals surface area contributed by atoms with Crippen molar-refractivity contribution in [3.63, 3.8) is 0 Å². The van der Waals surface area contributed by atoms with Crippen molar-refractivity contribution in [3.8, 4) is 0 Å². The molecule has 190 valence electrons. The van der Waals surface area contributed by atoms with E-state index >= 15 is 0 Å². The van der Waals surface area contributed by atoms with Crippen molar-refractivity contribution >= 4 is 18.0 Å². The lowest BCUT2D eigenvalue weighted by Crippen LogP contribution is -2.49. The summed E-state index contributed by atoms with van der Waals surface area (Å²) in [4.78, 5) is 37.3. The molecule has 4 saturated carbocycles. The predicted molar refractivity (Wildman–Crippen MR) is 126 cm³/mol. The van der Waals surface area contributed by atoms with Gasteiger partial charge < -0.3 is 20.1 Å². The van der Waals surface area contributed by atoms with Crippen molar-refractivity contribution < 1.29 is 23.9 Å². The molecular weight excluding hydrogens is 434 g/mol. The van der Waals surface area contributed by atoms with Crippen LogP contribution in [0.1, 0.15) is 64.7 Å². The summed E-state index contributed by atoms with van der Waals surface area (Å²) in [6, 6.07) is 0.210. The number of amides is 2. The highest BCUT2D eigenvalue weighted by Gasteiger charge is 2.51. The fraction of sp³-hybridized carbons (Fsp3) is 0.885. The van der Waals surface area contributed by atoms with Crippen LogP contribution in [0.3, 0.4) is 0 Å². The molecule has 0 aromatic heterocycles. The van der Waals surface area contributed by atoms with E-state index in [2.05, 4.69) is 10.6 Å². The number of alkyl carbamates (subject to hydrolysis) is 1. The van der Waals surface area contributed by atoms with E-state index in [1.807, 2.05) is 4.90 Å². The normalized spacial score (nSPS) is 39.7. The topological polar surface area (TPSA) is 97.0 Å². The van der Waals surface area contributed by atoms with Crippen molar-refractivity contribution in [2.24, 2.45) is 35.5 Å². The minimum Gasteiger partial charge on any atom is -0.463 e. The van der Waals surface area contributed by atoms with Gasteiger partial charge in [-0.3, -0.25) is 14.5 Å². The van der Waals surface area contributed by atoms with E-state index < -0.39 is 0 Å². The summed E-state index contributed by atoms with van der Waals surface area (Å²) in [5.41, 5.74) is 0. The molecule has 4 aliphatic carbocycles. The van der Waals surface area contributed by atoms with E-state index in [9.17, 15) is 14.4 Å². The standard InChI is InChI=1S/C26H41N3O5/c1-16(30)34-20-13-18-3-5-22-21-7-4-19(12-17(21)2-6-23(22)24(18)14-20)28-26(32)33-11-10-29-9-8-27-25(31)15-29/h17-24H,2-15H2,1H3,(H,27,31)(H,28,32). The van der Waals surface area contributed by atoms with Gasteiger partial charge in [-0.1, -0.05) is 0 Å². The first-order chi connectivity index (χ1) is 16.5. The van der Waals surface area contributed by atoms with Gasteiger partial charge in [-0.2, -0.15) is 0 Å². The summed E-state index contributed by atoms with van der Waals surface area (Å²) >= 11 is 0. The average Bonchev–Trinajstić information content (AvgIpc) is 3.21. The highest BCUT2D eigenvalue weighted by atomic mass is 16.5. The minimum atomic E-state index is -0.318. The Balaban J connectivity index is 1.06. The SMILES string of the molecule is CC(=O)OC1CC2CCC3C4CCC(NC(=O)OCCN5CCNC(=O)C5)CC4CCC3C2C1. The van der Waals surface area contributed by atoms with Crippen molar-refractivity contribution in [1.82, 2.24) is 15.5 Å². The zero-order valence-electron chi connectivity index (χ0n) is 20.5. The molecule has 0 radical (unpaired) electrons. The molecule has 1 heterocycles. The van der Waals surface area contributed by atoms with Gasteiger partial charge in [-0.15, -0.1) is 0 Å². The monoisotopic (exact) mass is 475 g/mol. The first kappa shape index (κ1) is 23.9. The van der Waals surface area contributed by atoms with Crippen LogP contribution in [0.2, 0.25) is 0 Å². The molecular formula is C26H41N3O5. The van der Waals surface area contributed by atoms with Crippen LogP contribution in [0.15, 0.2) is 0 Å². The molecule has 1 saturated heterocycles. The number of nitrogens with one attached hydrogen (secondary N) is 2. The third-order valence-corrected chi connectivity index (χ3v) is 9.55.